The Hall–Kier alpha value is -2.84. The van der Waals surface area contributed by atoms with Gasteiger partial charge in [0.15, 0.2) is 11.0 Å². The highest BCUT2D eigenvalue weighted by Crippen LogP contribution is 2.25. The number of hydrogen-bond donors (Lipinski definition) is 0. The summed E-state index contributed by atoms with van der Waals surface area (Å²) in [7, 11) is 1.95. The molecule has 0 N–H and O–H groups in total. The summed E-state index contributed by atoms with van der Waals surface area (Å²) in [5.74, 6) is 2.24. The molecule has 168 valence electrons. The van der Waals surface area contributed by atoms with Gasteiger partial charge < -0.3 is 14.2 Å². The van der Waals surface area contributed by atoms with Crippen molar-refractivity contribution >= 4 is 17.7 Å². The third-order valence-electron chi connectivity index (χ3n) is 5.69. The fraction of sp³-hybridized carbons (Fsp3) is 0.375. The van der Waals surface area contributed by atoms with Gasteiger partial charge in [0.05, 0.1) is 5.75 Å². The first kappa shape index (κ1) is 22.4. The quantitative estimate of drug-likeness (QED) is 0.491. The van der Waals surface area contributed by atoms with Gasteiger partial charge in [-0.1, -0.05) is 54.2 Å². The predicted molar refractivity (Wildman–Crippen MR) is 127 cm³/mol. The van der Waals surface area contributed by atoms with Crippen molar-refractivity contribution in [2.24, 2.45) is 7.05 Å². The van der Waals surface area contributed by atoms with Crippen LogP contribution in [0.3, 0.4) is 0 Å². The Morgan fingerprint density at radius 3 is 2.47 bits per heavy atom. The first-order valence-electron chi connectivity index (χ1n) is 10.9. The van der Waals surface area contributed by atoms with Crippen molar-refractivity contribution in [2.45, 2.75) is 12.1 Å². The summed E-state index contributed by atoms with van der Waals surface area (Å²) < 4.78 is 7.75. The molecular weight excluding hydrogens is 422 g/mol. The molecular formula is C24H29N5O2S. The Kier molecular flexibility index (Phi) is 7.44. The van der Waals surface area contributed by atoms with E-state index in [-0.39, 0.29) is 5.91 Å². The van der Waals surface area contributed by atoms with Gasteiger partial charge in [-0.25, -0.2) is 0 Å². The zero-order valence-electron chi connectivity index (χ0n) is 18.6. The van der Waals surface area contributed by atoms with Crippen LogP contribution in [0.1, 0.15) is 5.56 Å². The third kappa shape index (κ3) is 5.49. The van der Waals surface area contributed by atoms with Crippen molar-refractivity contribution in [1.82, 2.24) is 24.6 Å². The molecule has 0 aliphatic carbocycles. The van der Waals surface area contributed by atoms with Crippen molar-refractivity contribution < 1.29 is 9.53 Å². The van der Waals surface area contributed by atoms with Crippen LogP contribution < -0.4 is 4.74 Å². The summed E-state index contributed by atoms with van der Waals surface area (Å²) in [6, 6.07) is 18.0. The summed E-state index contributed by atoms with van der Waals surface area (Å²) in [6.45, 7) is 6.82. The lowest BCUT2D eigenvalue weighted by atomic mass is 10.1. The van der Waals surface area contributed by atoms with Crippen LogP contribution in [0.15, 0.2) is 59.8 Å². The molecule has 0 spiro atoms. The lowest BCUT2D eigenvalue weighted by Gasteiger charge is -2.34. The lowest BCUT2D eigenvalue weighted by molar-refractivity contribution is -0.130. The fourth-order valence-electron chi connectivity index (χ4n) is 3.75. The van der Waals surface area contributed by atoms with Crippen LogP contribution in [0.4, 0.5) is 0 Å². The summed E-state index contributed by atoms with van der Waals surface area (Å²) in [4.78, 5) is 17.0. The standard InChI is InChI=1S/C24H29N5O2S/c1-19-8-6-7-11-21(19)23-25-26-24(27(23)2)32-18-22(30)29-14-12-28(13-15-29)16-17-31-20-9-4-3-5-10-20/h3-11H,12-18H2,1-2H3. The average molecular weight is 452 g/mol. The van der Waals surface area contributed by atoms with Gasteiger partial charge in [-0.15, -0.1) is 10.2 Å². The molecule has 8 heteroatoms. The van der Waals surface area contributed by atoms with Crippen LogP contribution in [-0.4, -0.2) is 75.6 Å². The van der Waals surface area contributed by atoms with Gasteiger partial charge in [0.1, 0.15) is 12.4 Å². The molecule has 0 atom stereocenters. The number of thioether (sulfide) groups is 1. The van der Waals surface area contributed by atoms with E-state index in [4.69, 9.17) is 4.74 Å². The molecule has 3 aromatic rings. The van der Waals surface area contributed by atoms with E-state index in [1.54, 1.807) is 0 Å². The van der Waals surface area contributed by atoms with E-state index in [1.807, 2.05) is 65.0 Å². The Balaban J connectivity index is 1.21. The highest BCUT2D eigenvalue weighted by molar-refractivity contribution is 7.99. The summed E-state index contributed by atoms with van der Waals surface area (Å²) in [5, 5.41) is 9.41. The fourth-order valence-corrected chi connectivity index (χ4v) is 4.56. The number of ether oxygens (including phenoxy) is 1. The second kappa shape index (κ2) is 10.7. The maximum Gasteiger partial charge on any atom is 0.233 e. The minimum Gasteiger partial charge on any atom is -0.492 e. The van der Waals surface area contributed by atoms with Crippen molar-refractivity contribution in [3.63, 3.8) is 0 Å². The average Bonchev–Trinajstić information content (AvgIpc) is 3.19. The van der Waals surface area contributed by atoms with Gasteiger partial charge in [-0.2, -0.15) is 0 Å². The van der Waals surface area contributed by atoms with Crippen LogP contribution in [0.5, 0.6) is 5.75 Å². The number of carbonyl (C=O) groups is 1. The van der Waals surface area contributed by atoms with Crippen LogP contribution in [0.2, 0.25) is 0 Å². The van der Waals surface area contributed by atoms with Crippen molar-refractivity contribution in [3.8, 4) is 17.1 Å². The van der Waals surface area contributed by atoms with Crippen LogP contribution in [-0.2, 0) is 11.8 Å². The number of benzene rings is 2. The van der Waals surface area contributed by atoms with E-state index in [0.717, 1.165) is 60.6 Å². The van der Waals surface area contributed by atoms with E-state index in [0.29, 0.717) is 12.4 Å². The maximum atomic E-state index is 12.7. The molecule has 2 heterocycles. The molecule has 1 aliphatic rings. The van der Waals surface area contributed by atoms with Crippen LogP contribution in [0, 0.1) is 6.92 Å². The molecule has 0 radical (unpaired) electrons. The topological polar surface area (TPSA) is 63.5 Å². The number of carbonyl (C=O) groups excluding carboxylic acids is 1. The SMILES string of the molecule is Cc1ccccc1-c1nnc(SCC(=O)N2CCN(CCOc3ccccc3)CC2)n1C. The molecule has 7 nitrogen and oxygen atoms in total. The monoisotopic (exact) mass is 451 g/mol. The Labute approximate surface area is 193 Å². The van der Waals surface area contributed by atoms with Gasteiger partial charge in [0, 0.05) is 45.3 Å². The number of para-hydroxylation sites is 1. The van der Waals surface area contributed by atoms with Gasteiger partial charge in [0.2, 0.25) is 5.91 Å². The molecule has 0 bridgehead atoms. The van der Waals surface area contributed by atoms with Crippen molar-refractivity contribution in [2.75, 3.05) is 45.1 Å². The second-order valence-corrected chi connectivity index (χ2v) is 8.80. The molecule has 1 saturated heterocycles. The third-order valence-corrected chi connectivity index (χ3v) is 6.70. The maximum absolute atomic E-state index is 12.7. The highest BCUT2D eigenvalue weighted by Gasteiger charge is 2.22. The zero-order valence-corrected chi connectivity index (χ0v) is 19.4. The molecule has 0 saturated carbocycles. The molecule has 0 unspecified atom stereocenters. The van der Waals surface area contributed by atoms with Gasteiger partial charge >= 0.3 is 0 Å². The normalized spacial score (nSPS) is 14.5. The largest absolute Gasteiger partial charge is 0.492 e. The Bertz CT molecular complexity index is 1030. The number of aryl methyl sites for hydroxylation is 1. The molecule has 32 heavy (non-hydrogen) atoms. The minimum atomic E-state index is 0.149. The van der Waals surface area contributed by atoms with Crippen LogP contribution >= 0.6 is 11.8 Å². The van der Waals surface area contributed by atoms with Gasteiger partial charge in [-0.3, -0.25) is 9.69 Å². The van der Waals surface area contributed by atoms with E-state index >= 15 is 0 Å². The number of rotatable bonds is 8. The molecule has 2 aromatic carbocycles. The van der Waals surface area contributed by atoms with Crippen LogP contribution in [0.25, 0.3) is 11.4 Å². The van der Waals surface area contributed by atoms with E-state index in [2.05, 4.69) is 28.1 Å². The van der Waals surface area contributed by atoms with E-state index in [1.165, 1.54) is 11.8 Å². The number of hydrogen-bond acceptors (Lipinski definition) is 6. The van der Waals surface area contributed by atoms with Crippen molar-refractivity contribution in [1.29, 1.82) is 0 Å². The molecule has 1 aromatic heterocycles. The van der Waals surface area contributed by atoms with Crippen molar-refractivity contribution in [3.05, 3.63) is 60.2 Å². The Morgan fingerprint density at radius 2 is 1.72 bits per heavy atom. The molecule has 4 rings (SSSR count). The number of nitrogens with zero attached hydrogens (tertiary/aromatic N) is 5. The summed E-state index contributed by atoms with van der Waals surface area (Å²) in [5.41, 5.74) is 2.22. The lowest BCUT2D eigenvalue weighted by Crippen LogP contribution is -2.50. The zero-order chi connectivity index (χ0) is 22.3. The predicted octanol–water partition coefficient (Wildman–Crippen LogP) is 3.11. The van der Waals surface area contributed by atoms with Gasteiger partial charge in [0.25, 0.3) is 0 Å². The van der Waals surface area contributed by atoms with Gasteiger partial charge in [-0.05, 0) is 24.6 Å². The smallest absolute Gasteiger partial charge is 0.233 e. The minimum absolute atomic E-state index is 0.149. The van der Waals surface area contributed by atoms with E-state index < -0.39 is 0 Å². The second-order valence-electron chi connectivity index (χ2n) is 7.85. The number of amides is 1. The Morgan fingerprint density at radius 1 is 1.00 bits per heavy atom. The molecule has 1 aliphatic heterocycles. The highest BCUT2D eigenvalue weighted by atomic mass is 32.2. The molecule has 1 amide bonds. The first-order chi connectivity index (χ1) is 15.6. The summed E-state index contributed by atoms with van der Waals surface area (Å²) in [6.07, 6.45) is 0. The number of aromatic nitrogens is 3. The number of piperazine rings is 1. The summed E-state index contributed by atoms with van der Waals surface area (Å²) >= 11 is 1.45. The van der Waals surface area contributed by atoms with E-state index in [9.17, 15) is 4.79 Å². The molecule has 1 fully saturated rings. The first-order valence-corrected chi connectivity index (χ1v) is 11.9.